The van der Waals surface area contributed by atoms with Crippen LogP contribution in [0.4, 0.5) is 11.4 Å². The van der Waals surface area contributed by atoms with Crippen LogP contribution in [-0.2, 0) is 21.7 Å². The number of hydrogen-bond acceptors (Lipinski definition) is 1. The molecule has 2 heterocycles. The number of nitrogens with one attached hydrogen (secondary N) is 1. The van der Waals surface area contributed by atoms with Gasteiger partial charge in [0, 0.05) is 49.7 Å². The fourth-order valence-corrected chi connectivity index (χ4v) is 10.7. The van der Waals surface area contributed by atoms with Crippen LogP contribution in [-0.4, -0.2) is 11.8 Å². The second-order valence-electron chi connectivity index (χ2n) is 20.6. The summed E-state index contributed by atoms with van der Waals surface area (Å²) >= 11 is 0. The van der Waals surface area contributed by atoms with Gasteiger partial charge in [0.15, 0.2) is 7.28 Å². The van der Waals surface area contributed by atoms with Gasteiger partial charge in [-0.25, -0.2) is 0 Å². The van der Waals surface area contributed by atoms with Gasteiger partial charge in [0.1, 0.15) is 0 Å². The highest BCUT2D eigenvalue weighted by atomic mass is 15.0. The average Bonchev–Trinajstić information content (AvgIpc) is 3.73. The minimum absolute atomic E-state index is 0.0149. The molecule has 0 atom stereocenters. The standard InChI is InChI=1S/C56H52BN2/c1-53(2,3)32-19-22-34(23-20-32)58-48-26-21-33(54(4,5)6)27-41(48)37-24-25-38-42-28-45-39(35-15-11-13-17-43(35)55(45,7)8)29-49(42)59-50-30-40-36-16-12-14-18-44(36)56(9,10)46(40)31-47(50)57-51(37)52(38)59/h11-31,58H,1-10H3. The van der Waals surface area contributed by atoms with Crippen molar-refractivity contribution < 1.29 is 0 Å². The van der Waals surface area contributed by atoms with E-state index in [9.17, 15) is 0 Å². The van der Waals surface area contributed by atoms with Gasteiger partial charge in [-0.2, -0.15) is 0 Å². The number of benzene rings is 7. The van der Waals surface area contributed by atoms with Crippen molar-refractivity contribution in [1.82, 2.24) is 4.57 Å². The summed E-state index contributed by atoms with van der Waals surface area (Å²) in [7, 11) is 2.50. The first kappa shape index (κ1) is 36.3. The topological polar surface area (TPSA) is 17.0 Å². The monoisotopic (exact) mass is 763 g/mol. The second-order valence-corrected chi connectivity index (χ2v) is 20.6. The van der Waals surface area contributed by atoms with Crippen molar-refractivity contribution >= 4 is 51.4 Å². The zero-order valence-electron chi connectivity index (χ0n) is 36.1. The maximum Gasteiger partial charge on any atom is 0.197 e. The van der Waals surface area contributed by atoms with E-state index in [0.717, 1.165) is 11.4 Å². The molecule has 2 aliphatic carbocycles. The second kappa shape index (κ2) is 11.9. The summed E-state index contributed by atoms with van der Waals surface area (Å²) in [6.07, 6.45) is 0. The molecule has 8 aromatic rings. The van der Waals surface area contributed by atoms with Crippen LogP contribution < -0.4 is 16.2 Å². The molecule has 0 unspecified atom stereocenters. The highest BCUT2D eigenvalue weighted by Gasteiger charge is 2.39. The number of rotatable bonds is 3. The van der Waals surface area contributed by atoms with Crippen molar-refractivity contribution in [1.29, 1.82) is 0 Å². The van der Waals surface area contributed by atoms with Gasteiger partial charge in [-0.3, -0.25) is 0 Å². The molecule has 0 saturated heterocycles. The molecule has 1 aliphatic heterocycles. The predicted molar refractivity (Wildman–Crippen MR) is 253 cm³/mol. The van der Waals surface area contributed by atoms with Gasteiger partial charge in [0.05, 0.1) is 5.52 Å². The van der Waals surface area contributed by atoms with Crippen LogP contribution in [0.15, 0.2) is 127 Å². The number of nitrogens with zero attached hydrogens (tertiary/aromatic N) is 1. The summed E-state index contributed by atoms with van der Waals surface area (Å²) in [6.45, 7) is 23.3. The maximum absolute atomic E-state index is 3.89. The summed E-state index contributed by atoms with van der Waals surface area (Å²) in [4.78, 5) is 0. The summed E-state index contributed by atoms with van der Waals surface area (Å²) in [5, 5.41) is 6.51. The smallest absolute Gasteiger partial charge is 0.197 e. The van der Waals surface area contributed by atoms with Gasteiger partial charge in [-0.05, 0) is 120 Å². The van der Waals surface area contributed by atoms with Crippen LogP contribution >= 0.6 is 0 Å². The van der Waals surface area contributed by atoms with E-state index in [1.807, 2.05) is 0 Å². The Kier molecular flexibility index (Phi) is 7.33. The quantitative estimate of drug-likeness (QED) is 0.177. The van der Waals surface area contributed by atoms with Gasteiger partial charge in [-0.15, -0.1) is 0 Å². The van der Waals surface area contributed by atoms with Crippen LogP contribution in [0.3, 0.4) is 0 Å². The van der Waals surface area contributed by atoms with Gasteiger partial charge >= 0.3 is 0 Å². The Morgan fingerprint density at radius 3 is 1.73 bits per heavy atom. The van der Waals surface area contributed by atoms with E-state index in [0.29, 0.717) is 0 Å². The van der Waals surface area contributed by atoms with Crippen molar-refractivity contribution in [3.8, 4) is 39.1 Å². The molecule has 2 nitrogen and oxygen atoms in total. The normalized spacial score (nSPS) is 15.4. The fraction of sp³-hybridized carbons (Fsp3) is 0.250. The zero-order chi connectivity index (χ0) is 41.0. The van der Waals surface area contributed by atoms with Crippen molar-refractivity contribution in [3.05, 3.63) is 161 Å². The molecular weight excluding hydrogens is 711 g/mol. The van der Waals surface area contributed by atoms with Gasteiger partial charge < -0.3 is 9.88 Å². The average molecular weight is 764 g/mol. The number of fused-ring (bicyclic) bond motifs is 11. The number of aromatic nitrogens is 1. The molecule has 0 amide bonds. The van der Waals surface area contributed by atoms with Crippen LogP contribution in [0.2, 0.25) is 0 Å². The Labute approximate surface area is 350 Å². The Morgan fingerprint density at radius 2 is 1.08 bits per heavy atom. The van der Waals surface area contributed by atoms with E-state index in [1.54, 1.807) is 0 Å². The predicted octanol–water partition coefficient (Wildman–Crippen LogP) is 13.4. The van der Waals surface area contributed by atoms with Crippen molar-refractivity contribution in [2.45, 2.75) is 90.9 Å². The Balaban J connectivity index is 1.20. The van der Waals surface area contributed by atoms with E-state index >= 15 is 0 Å². The third kappa shape index (κ3) is 5.13. The first-order valence-electron chi connectivity index (χ1n) is 21.4. The first-order chi connectivity index (χ1) is 28.0. The largest absolute Gasteiger partial charge is 0.355 e. The lowest BCUT2D eigenvalue weighted by atomic mass is 9.58. The molecule has 11 rings (SSSR count). The highest BCUT2D eigenvalue weighted by molar-refractivity contribution is 6.73. The Morgan fingerprint density at radius 1 is 0.492 bits per heavy atom. The fourth-order valence-electron chi connectivity index (χ4n) is 10.7. The molecule has 289 valence electrons. The molecule has 1 N–H and O–H groups in total. The third-order valence-corrected chi connectivity index (χ3v) is 14.1. The van der Waals surface area contributed by atoms with E-state index in [-0.39, 0.29) is 21.7 Å². The molecule has 3 aliphatic rings. The van der Waals surface area contributed by atoms with Crippen molar-refractivity contribution in [2.75, 3.05) is 5.32 Å². The van der Waals surface area contributed by atoms with E-state index in [4.69, 9.17) is 0 Å². The highest BCUT2D eigenvalue weighted by Crippen LogP contribution is 2.53. The molecule has 1 radical (unpaired) electrons. The Bertz CT molecular complexity index is 3100. The molecule has 0 saturated carbocycles. The molecule has 7 aromatic carbocycles. The lowest BCUT2D eigenvalue weighted by Gasteiger charge is -2.28. The molecule has 3 heteroatoms. The van der Waals surface area contributed by atoms with Crippen LogP contribution in [0.5, 0.6) is 0 Å². The molecule has 0 spiro atoms. The molecular formula is C56H52BN2. The lowest BCUT2D eigenvalue weighted by Crippen LogP contribution is -2.38. The van der Waals surface area contributed by atoms with Gasteiger partial charge in [0.2, 0.25) is 0 Å². The first-order valence-corrected chi connectivity index (χ1v) is 21.4. The summed E-state index contributed by atoms with van der Waals surface area (Å²) in [5.41, 5.74) is 24.6. The minimum Gasteiger partial charge on any atom is -0.355 e. The molecule has 0 bridgehead atoms. The minimum atomic E-state index is -0.0978. The maximum atomic E-state index is 3.89. The van der Waals surface area contributed by atoms with Crippen LogP contribution in [0, 0.1) is 0 Å². The van der Waals surface area contributed by atoms with Crippen molar-refractivity contribution in [3.63, 3.8) is 0 Å². The van der Waals surface area contributed by atoms with E-state index in [2.05, 4.69) is 214 Å². The summed E-state index contributed by atoms with van der Waals surface area (Å²) < 4.78 is 2.62. The summed E-state index contributed by atoms with van der Waals surface area (Å²) in [6, 6.07) is 48.9. The lowest BCUT2D eigenvalue weighted by molar-refractivity contribution is 0.590. The number of hydrogen-bond donors (Lipinski definition) is 1. The third-order valence-electron chi connectivity index (χ3n) is 14.1. The van der Waals surface area contributed by atoms with Crippen LogP contribution in [0.25, 0.3) is 60.9 Å². The summed E-state index contributed by atoms with van der Waals surface area (Å²) in [5.74, 6) is 0. The zero-order valence-corrected chi connectivity index (χ0v) is 36.1. The van der Waals surface area contributed by atoms with Gasteiger partial charge in [-0.1, -0.05) is 160 Å². The molecule has 0 fully saturated rings. The Hall–Kier alpha value is -5.80. The molecule has 1 aromatic heterocycles. The SMILES string of the molecule is CC(C)(C)c1ccc(Nc2ccc(C(C)(C)C)cc2-c2ccc3c4cc5c(cc4n4c3c2[B]c2cc3c(cc2-4)-c2ccccc2C3(C)C)-c2ccccc2C5(C)C)cc1. The molecule has 59 heavy (non-hydrogen) atoms. The van der Waals surface area contributed by atoms with Crippen molar-refractivity contribution in [2.24, 2.45) is 0 Å². The van der Waals surface area contributed by atoms with E-state index < -0.39 is 0 Å². The van der Waals surface area contributed by atoms with E-state index in [1.165, 1.54) is 105 Å². The van der Waals surface area contributed by atoms with Crippen LogP contribution in [0.1, 0.15) is 103 Å². The number of anilines is 2. The van der Waals surface area contributed by atoms with Gasteiger partial charge in [0.25, 0.3) is 0 Å².